The molecular formula is C18H15O3V-3. The van der Waals surface area contributed by atoms with E-state index >= 15 is 0 Å². The molecule has 0 aliphatic rings. The van der Waals surface area contributed by atoms with Crippen LogP contribution in [0.25, 0.3) is 0 Å². The maximum absolute atomic E-state index is 10.3. The molecule has 0 fully saturated rings. The Kier molecular flexibility index (Phi) is 11.1. The SMILES string of the molecule is [O-]c1ccccc1.[O-]c1ccccc1.[O-]c1ccccc1.[V]. The van der Waals surface area contributed by atoms with E-state index in [1.165, 1.54) is 36.4 Å². The maximum Gasteiger partial charge on any atom is 0 e. The Balaban J connectivity index is 0.000000294. The number of hydrogen-bond acceptors (Lipinski definition) is 3. The average Bonchev–Trinajstić information content (AvgIpc) is 2.51. The molecule has 0 bridgehead atoms. The molecule has 0 amide bonds. The molecule has 22 heavy (non-hydrogen) atoms. The molecule has 3 aromatic rings. The van der Waals surface area contributed by atoms with Crippen LogP contribution in [0.4, 0.5) is 0 Å². The molecule has 0 unspecified atom stereocenters. The molecule has 0 saturated carbocycles. The Hall–Kier alpha value is -2.36. The van der Waals surface area contributed by atoms with Gasteiger partial charge in [-0.25, -0.2) is 0 Å². The van der Waals surface area contributed by atoms with Crippen molar-refractivity contribution < 1.29 is 33.9 Å². The molecule has 4 heteroatoms. The monoisotopic (exact) mass is 330 g/mol. The van der Waals surface area contributed by atoms with Gasteiger partial charge in [0.1, 0.15) is 0 Å². The second kappa shape index (κ2) is 12.4. The molecule has 0 aromatic heterocycles. The van der Waals surface area contributed by atoms with Crippen LogP contribution in [0.2, 0.25) is 0 Å². The van der Waals surface area contributed by atoms with Crippen molar-refractivity contribution in [2.24, 2.45) is 0 Å². The molecule has 0 aliphatic carbocycles. The predicted octanol–water partition coefficient (Wildman–Crippen LogP) is 2.28. The standard InChI is InChI=1S/3C6H6O.V/c3*7-6-4-2-1-3-5-6;/h3*1-5,7H;/p-3. The van der Waals surface area contributed by atoms with Crippen LogP contribution < -0.4 is 15.3 Å². The fraction of sp³-hybridized carbons (Fsp3) is 0. The van der Waals surface area contributed by atoms with Crippen molar-refractivity contribution in [2.75, 3.05) is 0 Å². The third-order valence-corrected chi connectivity index (χ3v) is 2.23. The Bertz CT molecular complexity index is 497. The normalized spacial score (nSPS) is 8.18. The Labute approximate surface area is 142 Å². The first-order valence-corrected chi connectivity index (χ1v) is 6.34. The average molecular weight is 330 g/mol. The minimum absolute atomic E-state index is 0. The molecule has 0 heterocycles. The summed E-state index contributed by atoms with van der Waals surface area (Å²) in [4.78, 5) is 0. The van der Waals surface area contributed by atoms with Crippen LogP contribution in [0.3, 0.4) is 0 Å². The molecule has 0 N–H and O–H groups in total. The summed E-state index contributed by atoms with van der Waals surface area (Å²) in [7, 11) is 0. The van der Waals surface area contributed by atoms with E-state index in [1.54, 1.807) is 36.4 Å². The molecule has 3 nitrogen and oxygen atoms in total. The van der Waals surface area contributed by atoms with Gasteiger partial charge in [0, 0.05) is 18.6 Å². The molecular weight excluding hydrogens is 315 g/mol. The van der Waals surface area contributed by atoms with E-state index in [0.29, 0.717) is 0 Å². The van der Waals surface area contributed by atoms with Crippen molar-refractivity contribution in [3.05, 3.63) is 91.0 Å². The third kappa shape index (κ3) is 10.4. The molecule has 1 radical (unpaired) electrons. The van der Waals surface area contributed by atoms with Crippen molar-refractivity contribution in [2.45, 2.75) is 0 Å². The van der Waals surface area contributed by atoms with Gasteiger partial charge in [-0.2, -0.15) is 0 Å². The molecule has 0 saturated heterocycles. The van der Waals surface area contributed by atoms with Gasteiger partial charge >= 0.3 is 0 Å². The number of para-hydroxylation sites is 3. The first-order valence-electron chi connectivity index (χ1n) is 6.34. The zero-order valence-corrected chi connectivity index (χ0v) is 13.2. The van der Waals surface area contributed by atoms with Gasteiger partial charge in [0.05, 0.1) is 0 Å². The first-order chi connectivity index (χ1) is 10.2. The Morgan fingerprint density at radius 1 is 0.364 bits per heavy atom. The number of hydrogen-bond donors (Lipinski definition) is 0. The molecule has 113 valence electrons. The minimum Gasteiger partial charge on any atom is -0.872 e. The summed E-state index contributed by atoms with van der Waals surface area (Å²) in [5.74, 6) is 0.215. The topological polar surface area (TPSA) is 69.2 Å². The second-order valence-corrected chi connectivity index (χ2v) is 3.94. The summed E-state index contributed by atoms with van der Waals surface area (Å²) in [5, 5.41) is 30.8. The largest absolute Gasteiger partial charge is 0.872 e. The van der Waals surface area contributed by atoms with Crippen LogP contribution in [0.5, 0.6) is 17.2 Å². The smallest absolute Gasteiger partial charge is 0 e. The summed E-state index contributed by atoms with van der Waals surface area (Å²) in [6.45, 7) is 0. The maximum atomic E-state index is 10.3. The van der Waals surface area contributed by atoms with Crippen LogP contribution in [0.15, 0.2) is 91.0 Å². The second-order valence-electron chi connectivity index (χ2n) is 3.94. The van der Waals surface area contributed by atoms with Crippen LogP contribution >= 0.6 is 0 Å². The van der Waals surface area contributed by atoms with Crippen molar-refractivity contribution in [1.29, 1.82) is 0 Å². The summed E-state index contributed by atoms with van der Waals surface area (Å²) < 4.78 is 0. The Morgan fingerprint density at radius 2 is 0.545 bits per heavy atom. The van der Waals surface area contributed by atoms with Gasteiger partial charge in [-0.1, -0.05) is 91.0 Å². The van der Waals surface area contributed by atoms with Crippen LogP contribution in [-0.2, 0) is 18.6 Å². The van der Waals surface area contributed by atoms with E-state index in [4.69, 9.17) is 0 Å². The van der Waals surface area contributed by atoms with Crippen molar-refractivity contribution in [3.8, 4) is 17.2 Å². The third-order valence-electron chi connectivity index (χ3n) is 2.23. The van der Waals surface area contributed by atoms with Gasteiger partial charge < -0.3 is 15.3 Å². The van der Waals surface area contributed by atoms with Crippen LogP contribution in [0.1, 0.15) is 0 Å². The number of rotatable bonds is 0. The van der Waals surface area contributed by atoms with E-state index in [9.17, 15) is 15.3 Å². The van der Waals surface area contributed by atoms with Crippen LogP contribution in [0, 0.1) is 0 Å². The fourth-order valence-electron chi connectivity index (χ4n) is 1.26. The molecule has 0 atom stereocenters. The molecule has 3 rings (SSSR count). The van der Waals surface area contributed by atoms with Gasteiger partial charge in [0.25, 0.3) is 0 Å². The summed E-state index contributed by atoms with van der Waals surface area (Å²) >= 11 is 0. The van der Waals surface area contributed by atoms with E-state index < -0.39 is 0 Å². The van der Waals surface area contributed by atoms with Gasteiger partial charge in [-0.3, -0.25) is 0 Å². The van der Waals surface area contributed by atoms with E-state index in [2.05, 4.69) is 0 Å². The van der Waals surface area contributed by atoms with Crippen molar-refractivity contribution in [1.82, 2.24) is 0 Å². The molecule has 0 aliphatic heterocycles. The van der Waals surface area contributed by atoms with E-state index in [1.807, 2.05) is 18.2 Å². The quantitative estimate of drug-likeness (QED) is 0.635. The van der Waals surface area contributed by atoms with Crippen molar-refractivity contribution >= 4 is 0 Å². The number of benzene rings is 3. The molecule has 3 aromatic carbocycles. The van der Waals surface area contributed by atoms with Gasteiger partial charge in [-0.05, 0) is 0 Å². The first kappa shape index (κ1) is 19.6. The zero-order chi connectivity index (χ0) is 15.3. The van der Waals surface area contributed by atoms with E-state index in [0.717, 1.165) is 0 Å². The Morgan fingerprint density at radius 3 is 0.636 bits per heavy atom. The van der Waals surface area contributed by atoms with Crippen LogP contribution in [-0.4, -0.2) is 0 Å². The predicted molar refractivity (Wildman–Crippen MR) is 77.7 cm³/mol. The van der Waals surface area contributed by atoms with Gasteiger partial charge in [0.2, 0.25) is 0 Å². The summed E-state index contributed by atoms with van der Waals surface area (Å²) in [6, 6.07) is 25.0. The summed E-state index contributed by atoms with van der Waals surface area (Å²) in [5.41, 5.74) is 0. The van der Waals surface area contributed by atoms with Gasteiger partial charge in [-0.15, -0.1) is 17.2 Å². The van der Waals surface area contributed by atoms with Gasteiger partial charge in [0.15, 0.2) is 0 Å². The fourth-order valence-corrected chi connectivity index (χ4v) is 1.26. The minimum atomic E-state index is 0. The van der Waals surface area contributed by atoms with E-state index in [-0.39, 0.29) is 35.8 Å². The zero-order valence-electron chi connectivity index (χ0n) is 11.8. The molecule has 0 spiro atoms. The van der Waals surface area contributed by atoms with Crippen molar-refractivity contribution in [3.63, 3.8) is 0 Å². The summed E-state index contributed by atoms with van der Waals surface area (Å²) in [6.07, 6.45) is 0.